The number of unbranched alkanes of at least 4 members (excludes halogenated alkanes) is 10. The lowest BCUT2D eigenvalue weighted by Gasteiger charge is -2.25. The van der Waals surface area contributed by atoms with Crippen molar-refractivity contribution in [1.29, 1.82) is 0 Å². The normalized spacial score (nSPS) is 20.5. The van der Waals surface area contributed by atoms with E-state index in [-0.39, 0.29) is 0 Å². The Morgan fingerprint density at radius 2 is 1.55 bits per heavy atom. The summed E-state index contributed by atoms with van der Waals surface area (Å²) in [4.78, 5) is 0. The molecule has 2 atom stereocenters. The van der Waals surface area contributed by atoms with E-state index in [0.717, 1.165) is 6.61 Å². The number of hydrogen-bond acceptors (Lipinski definition) is 1. The van der Waals surface area contributed by atoms with Crippen molar-refractivity contribution < 1.29 is 4.74 Å². The standard InChI is InChI=1S/C20H40OSi/c1-3-4-5-6-7-8-9-10-11-12-13-16-19-22(2)20-17-14-15-18-21-20/h16,19-20,22H,3-15,17-18H2,1-2H3. The lowest BCUT2D eigenvalue weighted by atomic mass is 10.1. The molecule has 0 bridgehead atoms. The van der Waals surface area contributed by atoms with E-state index in [2.05, 4.69) is 25.2 Å². The molecule has 0 amide bonds. The van der Waals surface area contributed by atoms with Gasteiger partial charge in [0.2, 0.25) is 0 Å². The molecule has 1 aliphatic rings. The van der Waals surface area contributed by atoms with E-state index in [1.165, 1.54) is 89.9 Å². The van der Waals surface area contributed by atoms with Crippen LogP contribution in [0, 0.1) is 0 Å². The molecule has 0 saturated carbocycles. The highest BCUT2D eigenvalue weighted by atomic mass is 28.3. The summed E-state index contributed by atoms with van der Waals surface area (Å²) in [5.41, 5.74) is 3.15. The molecule has 2 heteroatoms. The van der Waals surface area contributed by atoms with Crippen LogP contribution in [-0.2, 0) is 4.74 Å². The molecule has 0 aliphatic carbocycles. The SMILES string of the molecule is CCCCCCCCCCCCC=C[SiH](C)C1CCCCO1. The summed E-state index contributed by atoms with van der Waals surface area (Å²) in [5, 5.41) is 0. The first-order valence-electron chi connectivity index (χ1n) is 10.1. The summed E-state index contributed by atoms with van der Waals surface area (Å²) in [5.74, 6) is 0. The Morgan fingerprint density at radius 3 is 2.14 bits per heavy atom. The fourth-order valence-corrected chi connectivity index (χ4v) is 5.44. The van der Waals surface area contributed by atoms with Crippen LogP contribution in [0.25, 0.3) is 0 Å². The number of rotatable bonds is 13. The maximum absolute atomic E-state index is 5.91. The summed E-state index contributed by atoms with van der Waals surface area (Å²) >= 11 is 0. The summed E-state index contributed by atoms with van der Waals surface area (Å²) in [7, 11) is -0.771. The second-order valence-corrected chi connectivity index (χ2v) is 10.0. The van der Waals surface area contributed by atoms with Crippen LogP contribution in [0.1, 0.15) is 96.8 Å². The zero-order valence-corrected chi connectivity index (χ0v) is 16.5. The van der Waals surface area contributed by atoms with Crippen molar-refractivity contribution >= 4 is 8.80 Å². The van der Waals surface area contributed by atoms with E-state index in [1.807, 2.05) is 0 Å². The first-order valence-corrected chi connectivity index (χ1v) is 12.6. The average Bonchev–Trinajstić information content (AvgIpc) is 2.56. The predicted molar refractivity (Wildman–Crippen MR) is 102 cm³/mol. The zero-order valence-electron chi connectivity index (χ0n) is 15.3. The third-order valence-electron chi connectivity index (χ3n) is 4.97. The van der Waals surface area contributed by atoms with Gasteiger partial charge in [0.05, 0.1) is 8.80 Å². The van der Waals surface area contributed by atoms with E-state index in [4.69, 9.17) is 4.74 Å². The summed E-state index contributed by atoms with van der Waals surface area (Å²) in [6.07, 6.45) is 22.1. The Balaban J connectivity index is 1.85. The second kappa shape index (κ2) is 14.5. The van der Waals surface area contributed by atoms with Gasteiger partial charge in [-0.2, -0.15) is 0 Å². The lowest BCUT2D eigenvalue weighted by molar-refractivity contribution is 0.0636. The van der Waals surface area contributed by atoms with Gasteiger partial charge in [-0.25, -0.2) is 0 Å². The molecular weight excluding hydrogens is 284 g/mol. The topological polar surface area (TPSA) is 9.23 Å². The Hall–Kier alpha value is -0.0831. The summed E-state index contributed by atoms with van der Waals surface area (Å²) in [6.45, 7) is 5.75. The smallest absolute Gasteiger partial charge is 0.0915 e. The molecule has 1 rings (SSSR count). The molecule has 2 unspecified atom stereocenters. The first kappa shape index (κ1) is 20.0. The summed E-state index contributed by atoms with van der Waals surface area (Å²) in [6, 6.07) is 0. The van der Waals surface area contributed by atoms with Crippen molar-refractivity contribution in [2.24, 2.45) is 0 Å². The van der Waals surface area contributed by atoms with Gasteiger partial charge < -0.3 is 4.74 Å². The molecule has 1 aliphatic heterocycles. The number of ether oxygens (including phenoxy) is 1. The molecule has 130 valence electrons. The van der Waals surface area contributed by atoms with Gasteiger partial charge in [-0.1, -0.05) is 83.0 Å². The summed E-state index contributed by atoms with van der Waals surface area (Å²) < 4.78 is 5.91. The van der Waals surface area contributed by atoms with Crippen molar-refractivity contribution in [3.05, 3.63) is 11.8 Å². The van der Waals surface area contributed by atoms with Gasteiger partial charge in [-0.3, -0.25) is 0 Å². The minimum Gasteiger partial charge on any atom is -0.382 e. The van der Waals surface area contributed by atoms with E-state index < -0.39 is 8.80 Å². The van der Waals surface area contributed by atoms with Crippen molar-refractivity contribution in [2.45, 2.75) is 109 Å². The van der Waals surface area contributed by atoms with Gasteiger partial charge in [0.15, 0.2) is 0 Å². The van der Waals surface area contributed by atoms with Gasteiger partial charge in [0.1, 0.15) is 0 Å². The Labute approximate surface area is 141 Å². The predicted octanol–water partition coefficient (Wildman–Crippen LogP) is 6.36. The van der Waals surface area contributed by atoms with Crippen molar-refractivity contribution in [3.63, 3.8) is 0 Å². The Kier molecular flexibility index (Phi) is 13.2. The average molecular weight is 325 g/mol. The third-order valence-corrected chi connectivity index (χ3v) is 7.54. The van der Waals surface area contributed by atoms with Crippen LogP contribution >= 0.6 is 0 Å². The maximum Gasteiger partial charge on any atom is 0.0915 e. The molecule has 1 fully saturated rings. The minimum absolute atomic E-state index is 0.623. The Bertz CT molecular complexity index is 258. The van der Waals surface area contributed by atoms with E-state index in [0.29, 0.717) is 5.73 Å². The molecule has 0 spiro atoms. The van der Waals surface area contributed by atoms with Gasteiger partial charge in [-0.05, 0) is 32.1 Å². The van der Waals surface area contributed by atoms with Gasteiger partial charge in [-0.15, -0.1) is 0 Å². The van der Waals surface area contributed by atoms with Crippen LogP contribution < -0.4 is 0 Å². The third kappa shape index (κ3) is 10.6. The largest absolute Gasteiger partial charge is 0.382 e. The van der Waals surface area contributed by atoms with Crippen LogP contribution in [0.5, 0.6) is 0 Å². The zero-order chi connectivity index (χ0) is 15.9. The van der Waals surface area contributed by atoms with Crippen molar-refractivity contribution in [3.8, 4) is 0 Å². The molecule has 0 aromatic carbocycles. The van der Waals surface area contributed by atoms with Crippen LogP contribution in [0.2, 0.25) is 6.55 Å². The fraction of sp³-hybridized carbons (Fsp3) is 0.900. The molecule has 0 N–H and O–H groups in total. The van der Waals surface area contributed by atoms with Crippen LogP contribution in [0.15, 0.2) is 11.8 Å². The maximum atomic E-state index is 5.91. The van der Waals surface area contributed by atoms with E-state index in [9.17, 15) is 0 Å². The van der Waals surface area contributed by atoms with Gasteiger partial charge in [0, 0.05) is 12.3 Å². The van der Waals surface area contributed by atoms with E-state index in [1.54, 1.807) is 0 Å². The monoisotopic (exact) mass is 324 g/mol. The number of hydrogen-bond donors (Lipinski definition) is 0. The van der Waals surface area contributed by atoms with Crippen LogP contribution in [0.3, 0.4) is 0 Å². The molecule has 1 saturated heterocycles. The molecule has 1 heterocycles. The van der Waals surface area contributed by atoms with Gasteiger partial charge in [0.25, 0.3) is 0 Å². The fourth-order valence-electron chi connectivity index (χ4n) is 3.36. The Morgan fingerprint density at radius 1 is 0.909 bits per heavy atom. The molecule has 0 aromatic rings. The molecular formula is C20H40OSi. The first-order chi connectivity index (χ1) is 10.8. The molecule has 1 nitrogen and oxygen atoms in total. The minimum atomic E-state index is -0.771. The molecule has 0 aromatic heterocycles. The van der Waals surface area contributed by atoms with Crippen LogP contribution in [0.4, 0.5) is 0 Å². The van der Waals surface area contributed by atoms with E-state index >= 15 is 0 Å². The van der Waals surface area contributed by atoms with Gasteiger partial charge >= 0.3 is 0 Å². The highest BCUT2D eigenvalue weighted by Gasteiger charge is 2.19. The molecule has 22 heavy (non-hydrogen) atoms. The number of allylic oxidation sites excluding steroid dienone is 1. The van der Waals surface area contributed by atoms with Crippen molar-refractivity contribution in [1.82, 2.24) is 0 Å². The van der Waals surface area contributed by atoms with Crippen LogP contribution in [-0.4, -0.2) is 21.1 Å². The second-order valence-electron chi connectivity index (χ2n) is 7.16. The molecule has 0 radical (unpaired) electrons. The lowest BCUT2D eigenvalue weighted by Crippen LogP contribution is -2.32. The highest BCUT2D eigenvalue weighted by molar-refractivity contribution is 6.64. The highest BCUT2D eigenvalue weighted by Crippen LogP contribution is 2.16. The van der Waals surface area contributed by atoms with Crippen molar-refractivity contribution in [2.75, 3.05) is 6.61 Å². The quantitative estimate of drug-likeness (QED) is 0.283.